The lowest BCUT2D eigenvalue weighted by Crippen LogP contribution is -2.14. The number of hydrogen-bond acceptors (Lipinski definition) is 4. The summed E-state index contributed by atoms with van der Waals surface area (Å²) in [6.45, 7) is 6.56. The average molecular weight is 359 g/mol. The molecule has 2 aromatic carbocycles. The van der Waals surface area contributed by atoms with Crippen molar-refractivity contribution in [3.05, 3.63) is 58.1 Å². The lowest BCUT2D eigenvalue weighted by Gasteiger charge is -2.18. The molecule has 5 heteroatoms. The number of rotatable bonds is 6. The number of thiocarbonyl (C=S) groups is 1. The second-order valence-corrected chi connectivity index (χ2v) is 6.28. The molecule has 2 N–H and O–H groups in total. The van der Waals surface area contributed by atoms with E-state index in [1.807, 2.05) is 18.2 Å². The summed E-state index contributed by atoms with van der Waals surface area (Å²) in [7, 11) is 1.52. The fourth-order valence-electron chi connectivity index (χ4n) is 2.64. The normalized spacial score (nSPS) is 10.4. The number of aryl methyl sites for hydroxylation is 3. The summed E-state index contributed by atoms with van der Waals surface area (Å²) >= 11 is 5.09. The lowest BCUT2D eigenvalue weighted by atomic mass is 10.0. The van der Waals surface area contributed by atoms with Crippen LogP contribution in [-0.2, 0) is 24.4 Å². The summed E-state index contributed by atoms with van der Waals surface area (Å²) in [5, 5.41) is 13.0. The Morgan fingerprint density at radius 3 is 2.52 bits per heavy atom. The molecule has 0 radical (unpaired) electrons. The van der Waals surface area contributed by atoms with Crippen LogP contribution in [0, 0.1) is 13.8 Å². The summed E-state index contributed by atoms with van der Waals surface area (Å²) < 4.78 is 11.1. The van der Waals surface area contributed by atoms with Gasteiger partial charge in [-0.2, -0.15) is 0 Å². The number of benzene rings is 2. The second kappa shape index (κ2) is 8.83. The fourth-order valence-corrected chi connectivity index (χ4v) is 2.75. The highest BCUT2D eigenvalue weighted by Gasteiger charge is 2.12. The zero-order valence-corrected chi connectivity index (χ0v) is 16.0. The zero-order chi connectivity index (χ0) is 18.4. The van der Waals surface area contributed by atoms with Gasteiger partial charge >= 0.3 is 0 Å². The first-order chi connectivity index (χ1) is 12.0. The minimum Gasteiger partial charge on any atom is -0.489 e. The van der Waals surface area contributed by atoms with Crippen LogP contribution in [0.2, 0.25) is 0 Å². The SMILES string of the molecule is CCc1cc(C)c(C)cc1OCc1c(CO)cccc1NC(=S)OC. The number of aliphatic hydroxyl groups is 1. The van der Waals surface area contributed by atoms with E-state index in [9.17, 15) is 5.11 Å². The number of methoxy groups -OCH3 is 1. The maximum atomic E-state index is 9.67. The topological polar surface area (TPSA) is 50.7 Å². The molecule has 0 saturated heterocycles. The minimum absolute atomic E-state index is 0.0679. The van der Waals surface area contributed by atoms with Crippen molar-refractivity contribution in [2.45, 2.75) is 40.4 Å². The molecule has 0 aromatic heterocycles. The molecule has 0 fully saturated rings. The highest BCUT2D eigenvalue weighted by Crippen LogP contribution is 2.27. The van der Waals surface area contributed by atoms with Crippen molar-refractivity contribution in [1.82, 2.24) is 0 Å². The quantitative estimate of drug-likeness (QED) is 0.754. The van der Waals surface area contributed by atoms with Gasteiger partial charge in [0.1, 0.15) is 12.4 Å². The summed E-state index contributed by atoms with van der Waals surface area (Å²) in [5.74, 6) is 0.874. The Bertz CT molecular complexity index is 759. The Balaban J connectivity index is 2.31. The van der Waals surface area contributed by atoms with E-state index in [-0.39, 0.29) is 11.8 Å². The van der Waals surface area contributed by atoms with Gasteiger partial charge < -0.3 is 19.9 Å². The van der Waals surface area contributed by atoms with Gasteiger partial charge in [0.15, 0.2) is 0 Å². The van der Waals surface area contributed by atoms with Crippen molar-refractivity contribution in [3.8, 4) is 5.75 Å². The second-order valence-electron chi connectivity index (χ2n) is 5.90. The van der Waals surface area contributed by atoms with Crippen LogP contribution in [0.1, 0.15) is 34.7 Å². The summed E-state index contributed by atoms with van der Waals surface area (Å²) in [5.41, 5.74) is 6.07. The third kappa shape index (κ3) is 4.71. The molecule has 0 bridgehead atoms. The highest BCUT2D eigenvalue weighted by molar-refractivity contribution is 7.80. The van der Waals surface area contributed by atoms with E-state index in [4.69, 9.17) is 21.7 Å². The number of ether oxygens (including phenoxy) is 2. The molecule has 4 nitrogen and oxygen atoms in total. The van der Waals surface area contributed by atoms with Crippen molar-refractivity contribution >= 4 is 23.1 Å². The van der Waals surface area contributed by atoms with Crippen LogP contribution in [0.25, 0.3) is 0 Å². The summed E-state index contributed by atoms with van der Waals surface area (Å²) in [4.78, 5) is 0. The average Bonchev–Trinajstić information content (AvgIpc) is 2.62. The molecule has 0 aliphatic heterocycles. The van der Waals surface area contributed by atoms with Gasteiger partial charge in [0.05, 0.1) is 13.7 Å². The Hall–Kier alpha value is -2.11. The Morgan fingerprint density at radius 1 is 1.16 bits per heavy atom. The molecule has 0 unspecified atom stereocenters. The lowest BCUT2D eigenvalue weighted by molar-refractivity contribution is 0.269. The molecule has 0 atom stereocenters. The van der Waals surface area contributed by atoms with Crippen molar-refractivity contribution in [1.29, 1.82) is 0 Å². The maximum absolute atomic E-state index is 9.67. The Morgan fingerprint density at radius 2 is 1.88 bits per heavy atom. The smallest absolute Gasteiger partial charge is 0.260 e. The molecule has 2 rings (SSSR count). The molecule has 25 heavy (non-hydrogen) atoms. The van der Waals surface area contributed by atoms with Gasteiger partial charge in [-0.15, -0.1) is 0 Å². The van der Waals surface area contributed by atoms with E-state index >= 15 is 0 Å². The Kier molecular flexibility index (Phi) is 6.79. The molecule has 0 spiro atoms. The van der Waals surface area contributed by atoms with Crippen molar-refractivity contribution in [2.24, 2.45) is 0 Å². The molecule has 2 aromatic rings. The summed E-state index contributed by atoms with van der Waals surface area (Å²) in [6.07, 6.45) is 0.900. The van der Waals surface area contributed by atoms with Crippen LogP contribution in [0.5, 0.6) is 5.75 Å². The largest absolute Gasteiger partial charge is 0.489 e. The van der Waals surface area contributed by atoms with Crippen LogP contribution >= 0.6 is 12.2 Å². The Labute approximate surface area is 154 Å². The maximum Gasteiger partial charge on any atom is 0.260 e. The van der Waals surface area contributed by atoms with E-state index in [0.29, 0.717) is 6.61 Å². The van der Waals surface area contributed by atoms with Crippen LogP contribution in [0.15, 0.2) is 30.3 Å². The highest BCUT2D eigenvalue weighted by atomic mass is 32.1. The molecule has 0 heterocycles. The predicted molar refractivity (Wildman–Crippen MR) is 105 cm³/mol. The molecule has 0 saturated carbocycles. The van der Waals surface area contributed by atoms with Gasteiger partial charge in [-0.25, -0.2) is 0 Å². The molecule has 0 amide bonds. The molecular formula is C20H25NO3S. The van der Waals surface area contributed by atoms with Gasteiger partial charge in [0.25, 0.3) is 5.17 Å². The first-order valence-electron chi connectivity index (χ1n) is 8.29. The van der Waals surface area contributed by atoms with Crippen molar-refractivity contribution in [2.75, 3.05) is 12.4 Å². The van der Waals surface area contributed by atoms with E-state index in [1.165, 1.54) is 23.8 Å². The molecule has 0 aliphatic carbocycles. The van der Waals surface area contributed by atoms with Gasteiger partial charge in [-0.05, 0) is 66.9 Å². The van der Waals surface area contributed by atoms with Crippen molar-refractivity contribution in [3.63, 3.8) is 0 Å². The first-order valence-corrected chi connectivity index (χ1v) is 8.70. The van der Waals surface area contributed by atoms with Gasteiger partial charge in [-0.3, -0.25) is 0 Å². The van der Waals surface area contributed by atoms with Gasteiger partial charge in [0, 0.05) is 11.3 Å². The number of aliphatic hydroxyl groups excluding tert-OH is 1. The third-order valence-corrected chi connectivity index (χ3v) is 4.56. The number of hydrogen-bond donors (Lipinski definition) is 2. The number of nitrogens with one attached hydrogen (secondary N) is 1. The summed E-state index contributed by atoms with van der Waals surface area (Å²) in [6, 6.07) is 9.87. The molecule has 134 valence electrons. The van der Waals surface area contributed by atoms with Crippen LogP contribution in [-0.4, -0.2) is 17.4 Å². The standard InChI is InChI=1S/C20H25NO3S/c1-5-15-9-13(2)14(3)10-19(15)24-12-17-16(11-22)7-6-8-18(17)21-20(25)23-4/h6-10,22H,5,11-12H2,1-4H3,(H,21,25). The molecular weight excluding hydrogens is 334 g/mol. The van der Waals surface area contributed by atoms with Crippen LogP contribution < -0.4 is 10.1 Å². The van der Waals surface area contributed by atoms with E-state index < -0.39 is 0 Å². The third-order valence-electron chi connectivity index (χ3n) is 4.30. The van der Waals surface area contributed by atoms with Crippen molar-refractivity contribution < 1.29 is 14.6 Å². The van der Waals surface area contributed by atoms with Crippen LogP contribution in [0.4, 0.5) is 5.69 Å². The predicted octanol–water partition coefficient (Wildman–Crippen LogP) is 4.28. The first kappa shape index (κ1) is 19.2. The monoisotopic (exact) mass is 359 g/mol. The molecule has 0 aliphatic rings. The van der Waals surface area contributed by atoms with E-state index in [1.54, 1.807) is 0 Å². The fraction of sp³-hybridized carbons (Fsp3) is 0.350. The van der Waals surface area contributed by atoms with Gasteiger partial charge in [-0.1, -0.05) is 25.1 Å². The van der Waals surface area contributed by atoms with Crippen LogP contribution in [0.3, 0.4) is 0 Å². The zero-order valence-electron chi connectivity index (χ0n) is 15.2. The van der Waals surface area contributed by atoms with E-state index in [2.05, 4.69) is 38.2 Å². The van der Waals surface area contributed by atoms with Gasteiger partial charge in [0.2, 0.25) is 0 Å². The van der Waals surface area contributed by atoms with E-state index in [0.717, 1.165) is 29.0 Å². The number of anilines is 1. The minimum atomic E-state index is -0.0679.